The summed E-state index contributed by atoms with van der Waals surface area (Å²) in [5.41, 5.74) is 3.58. The number of rotatable bonds is 5. The first kappa shape index (κ1) is 15.2. The molecule has 2 aromatic carbocycles. The first-order valence-electron chi connectivity index (χ1n) is 6.74. The molecule has 0 spiro atoms. The highest BCUT2D eigenvalue weighted by Gasteiger charge is 2.10. The van der Waals surface area contributed by atoms with Crippen molar-refractivity contribution < 1.29 is 4.39 Å². The maximum atomic E-state index is 13.4. The van der Waals surface area contributed by atoms with Crippen molar-refractivity contribution in [2.45, 2.75) is 25.8 Å². The molecule has 0 saturated heterocycles. The fourth-order valence-corrected chi connectivity index (χ4v) is 2.93. The van der Waals surface area contributed by atoms with Crippen molar-refractivity contribution in [2.24, 2.45) is 0 Å². The van der Waals surface area contributed by atoms with E-state index in [1.807, 2.05) is 13.1 Å². The molecule has 2 aromatic rings. The predicted octanol–water partition coefficient (Wildman–Crippen LogP) is 4.27. The van der Waals surface area contributed by atoms with E-state index in [0.717, 1.165) is 22.9 Å². The van der Waals surface area contributed by atoms with Gasteiger partial charge in [-0.3, -0.25) is 0 Å². The number of aryl methyl sites for hydroxylation is 1. The van der Waals surface area contributed by atoms with Gasteiger partial charge in [0.1, 0.15) is 5.82 Å². The van der Waals surface area contributed by atoms with Crippen LogP contribution in [0.3, 0.4) is 0 Å². The lowest BCUT2D eigenvalue weighted by molar-refractivity contribution is 0.552. The highest BCUT2D eigenvalue weighted by Crippen LogP contribution is 2.17. The zero-order chi connectivity index (χ0) is 14.5. The Labute approximate surface area is 128 Å². The van der Waals surface area contributed by atoms with Gasteiger partial charge in [-0.1, -0.05) is 45.8 Å². The van der Waals surface area contributed by atoms with Crippen molar-refractivity contribution in [3.05, 3.63) is 69.4 Å². The SMILES string of the molecule is CNC(Cc1cccc(C)c1)Cc1cc(F)cc(Br)c1. The van der Waals surface area contributed by atoms with E-state index >= 15 is 0 Å². The molecule has 0 aliphatic carbocycles. The maximum absolute atomic E-state index is 13.4. The Morgan fingerprint density at radius 1 is 1.10 bits per heavy atom. The molecule has 0 bridgehead atoms. The molecule has 106 valence electrons. The van der Waals surface area contributed by atoms with Gasteiger partial charge in [0.15, 0.2) is 0 Å². The molecule has 0 aliphatic heterocycles. The molecule has 0 heterocycles. The number of likely N-dealkylation sites (N-methyl/N-ethyl adjacent to an activating group) is 1. The van der Waals surface area contributed by atoms with E-state index < -0.39 is 0 Å². The summed E-state index contributed by atoms with van der Waals surface area (Å²) in [6, 6.07) is 13.9. The molecule has 0 radical (unpaired) electrons. The molecule has 1 atom stereocenters. The van der Waals surface area contributed by atoms with Gasteiger partial charge in [0.2, 0.25) is 0 Å². The van der Waals surface area contributed by atoms with Crippen molar-refractivity contribution in [1.82, 2.24) is 5.32 Å². The van der Waals surface area contributed by atoms with E-state index in [2.05, 4.69) is 52.4 Å². The number of benzene rings is 2. The summed E-state index contributed by atoms with van der Waals surface area (Å²) >= 11 is 3.34. The number of halogens is 2. The average Bonchev–Trinajstić information content (AvgIpc) is 2.36. The standard InChI is InChI=1S/C17H19BrFN/c1-12-4-3-5-13(6-12)9-17(20-2)10-14-7-15(18)11-16(19)8-14/h3-8,11,17,20H,9-10H2,1-2H3. The van der Waals surface area contributed by atoms with E-state index in [9.17, 15) is 4.39 Å². The summed E-state index contributed by atoms with van der Waals surface area (Å²) in [5.74, 6) is -0.195. The molecule has 3 heteroatoms. The van der Waals surface area contributed by atoms with Crippen molar-refractivity contribution in [2.75, 3.05) is 7.05 Å². The molecule has 1 N–H and O–H groups in total. The molecule has 20 heavy (non-hydrogen) atoms. The van der Waals surface area contributed by atoms with Gasteiger partial charge >= 0.3 is 0 Å². The van der Waals surface area contributed by atoms with Gasteiger partial charge in [0.25, 0.3) is 0 Å². The van der Waals surface area contributed by atoms with Gasteiger partial charge in [0, 0.05) is 10.5 Å². The summed E-state index contributed by atoms with van der Waals surface area (Å²) in [6.07, 6.45) is 1.74. The predicted molar refractivity (Wildman–Crippen MR) is 85.5 cm³/mol. The summed E-state index contributed by atoms with van der Waals surface area (Å²) in [5, 5.41) is 3.32. The average molecular weight is 336 g/mol. The summed E-state index contributed by atoms with van der Waals surface area (Å²) in [6.45, 7) is 2.10. The van der Waals surface area contributed by atoms with Crippen LogP contribution >= 0.6 is 15.9 Å². The van der Waals surface area contributed by atoms with Crippen molar-refractivity contribution in [3.8, 4) is 0 Å². The van der Waals surface area contributed by atoms with Crippen molar-refractivity contribution in [3.63, 3.8) is 0 Å². The quantitative estimate of drug-likeness (QED) is 0.860. The van der Waals surface area contributed by atoms with Crippen LogP contribution in [0, 0.1) is 12.7 Å². The fraction of sp³-hybridized carbons (Fsp3) is 0.294. The van der Waals surface area contributed by atoms with E-state index in [0.29, 0.717) is 6.04 Å². The third-order valence-corrected chi connectivity index (χ3v) is 3.84. The molecule has 2 rings (SSSR count). The zero-order valence-electron chi connectivity index (χ0n) is 11.8. The van der Waals surface area contributed by atoms with Gasteiger partial charge in [0.05, 0.1) is 0 Å². The smallest absolute Gasteiger partial charge is 0.124 e. The first-order chi connectivity index (χ1) is 9.56. The third-order valence-electron chi connectivity index (χ3n) is 3.38. The summed E-state index contributed by atoms with van der Waals surface area (Å²) < 4.78 is 14.2. The highest BCUT2D eigenvalue weighted by atomic mass is 79.9. The van der Waals surface area contributed by atoms with Crippen LogP contribution in [0.25, 0.3) is 0 Å². The minimum atomic E-state index is -0.195. The Balaban J connectivity index is 2.09. The number of hydrogen-bond donors (Lipinski definition) is 1. The lowest BCUT2D eigenvalue weighted by Gasteiger charge is -2.17. The van der Waals surface area contributed by atoms with Crippen LogP contribution in [0.15, 0.2) is 46.9 Å². The minimum Gasteiger partial charge on any atom is -0.316 e. The molecular formula is C17H19BrFN. The van der Waals surface area contributed by atoms with E-state index in [1.54, 1.807) is 6.07 Å². The molecular weight excluding hydrogens is 317 g/mol. The largest absolute Gasteiger partial charge is 0.316 e. The molecule has 0 aromatic heterocycles. The summed E-state index contributed by atoms with van der Waals surface area (Å²) in [7, 11) is 1.95. The Hall–Kier alpha value is -1.19. The van der Waals surface area contributed by atoms with E-state index in [4.69, 9.17) is 0 Å². The van der Waals surface area contributed by atoms with Gasteiger partial charge < -0.3 is 5.32 Å². The van der Waals surface area contributed by atoms with Crippen molar-refractivity contribution in [1.29, 1.82) is 0 Å². The van der Waals surface area contributed by atoms with E-state index in [1.165, 1.54) is 17.2 Å². The van der Waals surface area contributed by atoms with Crippen molar-refractivity contribution >= 4 is 15.9 Å². The van der Waals surface area contributed by atoms with Gasteiger partial charge in [-0.05, 0) is 56.1 Å². The molecule has 0 fully saturated rings. The number of hydrogen-bond acceptors (Lipinski definition) is 1. The summed E-state index contributed by atoms with van der Waals surface area (Å²) in [4.78, 5) is 0. The second-order valence-electron chi connectivity index (χ2n) is 5.16. The monoisotopic (exact) mass is 335 g/mol. The lowest BCUT2D eigenvalue weighted by atomic mass is 9.98. The normalized spacial score (nSPS) is 12.4. The second-order valence-corrected chi connectivity index (χ2v) is 6.08. The minimum absolute atomic E-state index is 0.195. The molecule has 0 amide bonds. The second kappa shape index (κ2) is 7.00. The van der Waals surface area contributed by atoms with Crippen LogP contribution < -0.4 is 5.32 Å². The maximum Gasteiger partial charge on any atom is 0.124 e. The van der Waals surface area contributed by atoms with E-state index in [-0.39, 0.29) is 5.82 Å². The van der Waals surface area contributed by atoms with Crippen LogP contribution in [-0.4, -0.2) is 13.1 Å². The van der Waals surface area contributed by atoms with Gasteiger partial charge in [-0.15, -0.1) is 0 Å². The fourth-order valence-electron chi connectivity index (χ4n) is 2.41. The zero-order valence-corrected chi connectivity index (χ0v) is 13.4. The van der Waals surface area contributed by atoms with Gasteiger partial charge in [-0.25, -0.2) is 4.39 Å². The molecule has 1 unspecified atom stereocenters. The third kappa shape index (κ3) is 4.43. The Bertz CT molecular complexity index is 563. The highest BCUT2D eigenvalue weighted by molar-refractivity contribution is 9.10. The Morgan fingerprint density at radius 3 is 2.50 bits per heavy atom. The molecule has 0 saturated carbocycles. The van der Waals surface area contributed by atoms with Crippen LogP contribution in [-0.2, 0) is 12.8 Å². The molecule has 0 aliphatic rings. The number of nitrogens with one attached hydrogen (secondary N) is 1. The lowest BCUT2D eigenvalue weighted by Crippen LogP contribution is -2.30. The first-order valence-corrected chi connectivity index (χ1v) is 7.54. The topological polar surface area (TPSA) is 12.0 Å². The van der Waals surface area contributed by atoms with Crippen LogP contribution in [0.2, 0.25) is 0 Å². The Kier molecular flexibility index (Phi) is 5.32. The van der Waals surface area contributed by atoms with Crippen LogP contribution in [0.5, 0.6) is 0 Å². The molecule has 1 nitrogen and oxygen atoms in total. The van der Waals surface area contributed by atoms with Gasteiger partial charge in [-0.2, -0.15) is 0 Å². The Morgan fingerprint density at radius 2 is 1.85 bits per heavy atom. The van der Waals surface area contributed by atoms with Crippen LogP contribution in [0.4, 0.5) is 4.39 Å². The van der Waals surface area contributed by atoms with Crippen LogP contribution in [0.1, 0.15) is 16.7 Å².